The number of aliphatic hydroxyl groups is 1. The van der Waals surface area contributed by atoms with Gasteiger partial charge in [-0.3, -0.25) is 9.59 Å². The topological polar surface area (TPSA) is 120 Å². The van der Waals surface area contributed by atoms with E-state index in [9.17, 15) is 19.8 Å². The number of carboxylic acids is 1. The Kier molecular flexibility index (Phi) is 7.25. The Morgan fingerprint density at radius 1 is 1.29 bits per heavy atom. The summed E-state index contributed by atoms with van der Waals surface area (Å²) < 4.78 is 2.04. The van der Waals surface area contributed by atoms with Crippen LogP contribution < -0.4 is 10.9 Å². The van der Waals surface area contributed by atoms with Crippen LogP contribution in [0.2, 0.25) is 0 Å². The Morgan fingerprint density at radius 3 is 2.71 bits per heavy atom. The summed E-state index contributed by atoms with van der Waals surface area (Å²) in [6, 6.07) is 7.09. The van der Waals surface area contributed by atoms with Gasteiger partial charge in [0.15, 0.2) is 0 Å². The van der Waals surface area contributed by atoms with Crippen molar-refractivity contribution >= 4 is 17.0 Å². The summed E-state index contributed by atoms with van der Waals surface area (Å²) in [7, 11) is 0. The molecule has 0 saturated carbocycles. The van der Waals surface area contributed by atoms with Crippen molar-refractivity contribution in [3.8, 4) is 11.4 Å². The first-order valence-electron chi connectivity index (χ1n) is 10.6. The van der Waals surface area contributed by atoms with E-state index < -0.39 is 12.0 Å². The first-order chi connectivity index (χ1) is 14.8. The monoisotopic (exact) mass is 426 g/mol. The number of carboxylic acid groups (broad SMARTS) is 1. The number of imidazole rings is 1. The normalized spacial score (nSPS) is 12.5. The van der Waals surface area contributed by atoms with Gasteiger partial charge in [-0.15, -0.1) is 0 Å². The van der Waals surface area contributed by atoms with Crippen LogP contribution >= 0.6 is 0 Å². The van der Waals surface area contributed by atoms with Gasteiger partial charge < -0.3 is 25.1 Å². The second-order valence-electron chi connectivity index (χ2n) is 8.29. The van der Waals surface area contributed by atoms with E-state index in [1.807, 2.05) is 36.6 Å². The minimum atomic E-state index is -0.848. The molecule has 0 bridgehead atoms. The van der Waals surface area contributed by atoms with Crippen LogP contribution in [0.4, 0.5) is 0 Å². The molecule has 1 aromatic carbocycles. The smallest absolute Gasteiger partial charge is 0.320 e. The zero-order chi connectivity index (χ0) is 22.5. The lowest BCUT2D eigenvalue weighted by Crippen LogP contribution is -2.37. The van der Waals surface area contributed by atoms with E-state index in [4.69, 9.17) is 4.98 Å². The van der Waals surface area contributed by atoms with Gasteiger partial charge >= 0.3 is 5.97 Å². The number of benzene rings is 1. The number of rotatable bonds is 10. The average Bonchev–Trinajstić information content (AvgIpc) is 3.08. The SMILES string of the molecule is Cc1cc(-c2nc3cc(CNC(CC(C)C)C(=O)O)ccc3n2CCCO)c[nH]c1=O. The molecule has 166 valence electrons. The fourth-order valence-electron chi connectivity index (χ4n) is 3.67. The minimum Gasteiger partial charge on any atom is -0.480 e. The number of aliphatic hydroxyl groups excluding tert-OH is 1. The summed E-state index contributed by atoms with van der Waals surface area (Å²) in [4.78, 5) is 30.8. The van der Waals surface area contributed by atoms with Crippen molar-refractivity contribution in [1.29, 1.82) is 0 Å². The Bertz CT molecular complexity index is 1120. The Balaban J connectivity index is 1.94. The van der Waals surface area contributed by atoms with Crippen molar-refractivity contribution in [2.45, 2.75) is 52.7 Å². The van der Waals surface area contributed by atoms with Gasteiger partial charge in [-0.05, 0) is 49.4 Å². The van der Waals surface area contributed by atoms with E-state index in [2.05, 4.69) is 10.3 Å². The van der Waals surface area contributed by atoms with Crippen molar-refractivity contribution in [3.63, 3.8) is 0 Å². The summed E-state index contributed by atoms with van der Waals surface area (Å²) in [6.45, 7) is 6.84. The molecular formula is C23H30N4O4. The first kappa shape index (κ1) is 22.7. The van der Waals surface area contributed by atoms with Crippen LogP contribution in [0.3, 0.4) is 0 Å². The van der Waals surface area contributed by atoms with E-state index in [-0.39, 0.29) is 18.1 Å². The Labute approximate surface area is 181 Å². The molecule has 4 N–H and O–H groups in total. The van der Waals surface area contributed by atoms with Crippen LogP contribution in [-0.2, 0) is 17.9 Å². The van der Waals surface area contributed by atoms with Crippen molar-refractivity contribution in [2.75, 3.05) is 6.61 Å². The quantitative estimate of drug-likeness (QED) is 0.396. The fourth-order valence-corrected chi connectivity index (χ4v) is 3.67. The maximum absolute atomic E-state index is 11.8. The van der Waals surface area contributed by atoms with E-state index >= 15 is 0 Å². The van der Waals surface area contributed by atoms with Crippen LogP contribution in [0, 0.1) is 12.8 Å². The predicted molar refractivity (Wildman–Crippen MR) is 120 cm³/mol. The number of nitrogens with one attached hydrogen (secondary N) is 2. The van der Waals surface area contributed by atoms with Crippen molar-refractivity contribution in [1.82, 2.24) is 19.9 Å². The number of fused-ring (bicyclic) bond motifs is 1. The lowest BCUT2D eigenvalue weighted by atomic mass is 10.0. The number of aromatic nitrogens is 3. The standard InChI is InChI=1S/C23H30N4O4/c1-14(2)9-19(23(30)31)24-12-16-5-6-20-18(11-16)26-21(27(20)7-4-8-28)17-10-15(3)22(29)25-13-17/h5-6,10-11,13-14,19,24,28H,4,7-9,12H2,1-3H3,(H,25,29)(H,30,31). The third kappa shape index (κ3) is 5.39. The number of nitrogens with zero attached hydrogens (tertiary/aromatic N) is 2. The maximum atomic E-state index is 11.8. The highest BCUT2D eigenvalue weighted by Crippen LogP contribution is 2.26. The molecule has 0 aliphatic heterocycles. The van der Waals surface area contributed by atoms with E-state index in [1.54, 1.807) is 19.2 Å². The molecule has 0 spiro atoms. The van der Waals surface area contributed by atoms with Gasteiger partial charge in [-0.25, -0.2) is 4.98 Å². The fraction of sp³-hybridized carbons (Fsp3) is 0.435. The lowest BCUT2D eigenvalue weighted by Gasteiger charge is -2.16. The Morgan fingerprint density at radius 2 is 2.06 bits per heavy atom. The van der Waals surface area contributed by atoms with Gasteiger partial charge in [-0.2, -0.15) is 0 Å². The third-order valence-corrected chi connectivity index (χ3v) is 5.26. The van der Waals surface area contributed by atoms with Gasteiger partial charge in [0.1, 0.15) is 11.9 Å². The number of aryl methyl sites for hydroxylation is 2. The predicted octanol–water partition coefficient (Wildman–Crippen LogP) is 2.67. The zero-order valence-electron chi connectivity index (χ0n) is 18.2. The Hall–Kier alpha value is -2.97. The van der Waals surface area contributed by atoms with Crippen LogP contribution in [-0.4, -0.2) is 43.4 Å². The van der Waals surface area contributed by atoms with Crippen LogP contribution in [0.15, 0.2) is 35.3 Å². The van der Waals surface area contributed by atoms with E-state index in [1.165, 1.54) is 0 Å². The molecule has 3 rings (SSSR count). The number of carbonyl (C=O) groups is 1. The number of aromatic amines is 1. The number of H-pyrrole nitrogens is 1. The summed E-state index contributed by atoms with van der Waals surface area (Å²) in [6.07, 6.45) is 2.79. The summed E-state index contributed by atoms with van der Waals surface area (Å²) in [5.41, 5.74) is 3.92. The van der Waals surface area contributed by atoms with Crippen LogP contribution in [0.1, 0.15) is 37.8 Å². The summed E-state index contributed by atoms with van der Waals surface area (Å²) in [5, 5.41) is 21.9. The highest BCUT2D eigenvalue weighted by atomic mass is 16.4. The largest absolute Gasteiger partial charge is 0.480 e. The molecule has 31 heavy (non-hydrogen) atoms. The number of hydrogen-bond acceptors (Lipinski definition) is 5. The van der Waals surface area contributed by atoms with Crippen LogP contribution in [0.25, 0.3) is 22.4 Å². The summed E-state index contributed by atoms with van der Waals surface area (Å²) >= 11 is 0. The van der Waals surface area contributed by atoms with E-state index in [0.29, 0.717) is 31.5 Å². The maximum Gasteiger partial charge on any atom is 0.320 e. The summed E-state index contributed by atoms with van der Waals surface area (Å²) in [5.74, 6) is 0.150. The molecule has 0 radical (unpaired) electrons. The third-order valence-electron chi connectivity index (χ3n) is 5.26. The number of pyridine rings is 1. The van der Waals surface area contributed by atoms with Gasteiger partial charge in [-0.1, -0.05) is 19.9 Å². The molecule has 2 aromatic heterocycles. The molecule has 8 heteroatoms. The van der Waals surface area contributed by atoms with Crippen molar-refractivity contribution < 1.29 is 15.0 Å². The lowest BCUT2D eigenvalue weighted by molar-refractivity contribution is -0.140. The minimum absolute atomic E-state index is 0.0677. The highest BCUT2D eigenvalue weighted by Gasteiger charge is 2.19. The number of hydrogen-bond donors (Lipinski definition) is 4. The van der Waals surface area contributed by atoms with Crippen molar-refractivity contribution in [2.24, 2.45) is 5.92 Å². The second-order valence-corrected chi connectivity index (χ2v) is 8.29. The first-order valence-corrected chi connectivity index (χ1v) is 10.6. The van der Waals surface area contributed by atoms with Crippen LogP contribution in [0.5, 0.6) is 0 Å². The molecule has 0 amide bonds. The zero-order valence-corrected chi connectivity index (χ0v) is 18.2. The average molecular weight is 427 g/mol. The van der Waals surface area contributed by atoms with E-state index in [0.717, 1.165) is 28.0 Å². The molecule has 0 saturated heterocycles. The molecule has 3 aromatic rings. The highest BCUT2D eigenvalue weighted by molar-refractivity contribution is 5.81. The molecule has 2 heterocycles. The van der Waals surface area contributed by atoms with Gasteiger partial charge in [0.2, 0.25) is 0 Å². The molecule has 0 aliphatic carbocycles. The number of aliphatic carboxylic acids is 1. The molecule has 1 unspecified atom stereocenters. The molecule has 0 aliphatic rings. The molecule has 1 atom stereocenters. The second kappa shape index (κ2) is 9.89. The van der Waals surface area contributed by atoms with Crippen molar-refractivity contribution in [3.05, 3.63) is 51.9 Å². The van der Waals surface area contributed by atoms with Gasteiger partial charge in [0.05, 0.1) is 11.0 Å². The molecule has 0 fully saturated rings. The van der Waals surface area contributed by atoms with Gasteiger partial charge in [0, 0.05) is 37.0 Å². The molecule has 8 nitrogen and oxygen atoms in total. The van der Waals surface area contributed by atoms with Gasteiger partial charge in [0.25, 0.3) is 5.56 Å². The molecular weight excluding hydrogens is 396 g/mol.